The van der Waals surface area contributed by atoms with Gasteiger partial charge < -0.3 is 24.0 Å². The number of aryl methyl sites for hydroxylation is 2. The van der Waals surface area contributed by atoms with E-state index < -0.39 is 16.1 Å². The first-order chi connectivity index (χ1) is 12.6. The van der Waals surface area contributed by atoms with Crippen LogP contribution in [0.3, 0.4) is 0 Å². The highest BCUT2D eigenvalue weighted by Crippen LogP contribution is 2.15. The first-order valence-corrected chi connectivity index (χ1v) is 18.1. The molecule has 0 aliphatic rings. The second kappa shape index (κ2) is 11.7. The third kappa shape index (κ3) is 11.0. The van der Waals surface area contributed by atoms with Gasteiger partial charge in [0.2, 0.25) is 6.33 Å². The molecule has 1 heterocycles. The predicted octanol–water partition coefficient (Wildman–Crippen LogP) is 3.22. The van der Waals surface area contributed by atoms with Crippen LogP contribution in [-0.2, 0) is 19.5 Å². The van der Waals surface area contributed by atoms with Gasteiger partial charge in [-0.25, -0.2) is 9.13 Å². The molecule has 2 rings (SSSR count). The van der Waals surface area contributed by atoms with Crippen LogP contribution in [-0.4, -0.2) is 20.7 Å². The summed E-state index contributed by atoms with van der Waals surface area (Å²) >= 11 is 0. The number of halogens is 1. The minimum absolute atomic E-state index is 0. The van der Waals surface area contributed by atoms with Crippen molar-refractivity contribution in [3.8, 4) is 0 Å². The topological polar surface area (TPSA) is 8.81 Å². The highest BCUT2D eigenvalue weighted by Gasteiger charge is 2.13. The van der Waals surface area contributed by atoms with Crippen LogP contribution in [0.4, 0.5) is 0 Å². The molecule has 0 bridgehead atoms. The Balaban J connectivity index is 0.00000392. The Labute approximate surface area is 192 Å². The minimum Gasteiger partial charge on any atom is -1.00 e. The lowest BCUT2D eigenvalue weighted by atomic mass is 10.1. The number of hydrogen-bond donors (Lipinski definition) is 0. The van der Waals surface area contributed by atoms with Crippen molar-refractivity contribution in [2.24, 2.45) is 0 Å². The van der Waals surface area contributed by atoms with Crippen molar-refractivity contribution < 1.29 is 28.5 Å². The number of unbranched alkanes of at least 4 members (excludes halogenated alkanes) is 2. The van der Waals surface area contributed by atoms with E-state index in [9.17, 15) is 0 Å². The Morgan fingerprint density at radius 3 is 2.00 bits per heavy atom. The van der Waals surface area contributed by atoms with Gasteiger partial charge in [-0.3, -0.25) is 0 Å². The Morgan fingerprint density at radius 1 is 0.786 bits per heavy atom. The predicted molar refractivity (Wildman–Crippen MR) is 124 cm³/mol. The zero-order valence-electron chi connectivity index (χ0n) is 19.0. The van der Waals surface area contributed by atoms with Gasteiger partial charge in [-0.05, 0) is 30.4 Å². The molecular formula is C23H41IN2Si2. The Hall–Kier alpha value is -0.406. The first-order valence-electron chi connectivity index (χ1n) is 10.7. The van der Waals surface area contributed by atoms with Gasteiger partial charge in [0, 0.05) is 16.1 Å². The fourth-order valence-electron chi connectivity index (χ4n) is 3.33. The summed E-state index contributed by atoms with van der Waals surface area (Å²) in [4.78, 5) is 0. The smallest absolute Gasteiger partial charge is 0.244 e. The van der Waals surface area contributed by atoms with Gasteiger partial charge in [0.1, 0.15) is 18.9 Å². The molecule has 0 aliphatic heterocycles. The van der Waals surface area contributed by atoms with E-state index in [4.69, 9.17) is 0 Å². The summed E-state index contributed by atoms with van der Waals surface area (Å²) < 4.78 is 4.65. The highest BCUT2D eigenvalue weighted by molar-refractivity contribution is 6.76. The summed E-state index contributed by atoms with van der Waals surface area (Å²) in [6, 6.07) is 12.1. The average Bonchev–Trinajstić information content (AvgIpc) is 2.99. The van der Waals surface area contributed by atoms with E-state index in [1.807, 2.05) is 0 Å². The summed E-state index contributed by atoms with van der Waals surface area (Å²) in [6.45, 7) is 16.9. The molecule has 0 fully saturated rings. The Kier molecular flexibility index (Phi) is 10.7. The second-order valence-electron chi connectivity index (χ2n) is 10.6. The van der Waals surface area contributed by atoms with E-state index in [-0.39, 0.29) is 24.0 Å². The van der Waals surface area contributed by atoms with E-state index in [0.29, 0.717) is 0 Å². The van der Waals surface area contributed by atoms with Crippen molar-refractivity contribution in [3.05, 3.63) is 54.1 Å². The molecule has 5 heteroatoms. The molecule has 0 saturated heterocycles. The van der Waals surface area contributed by atoms with Crippen LogP contribution in [0.5, 0.6) is 0 Å². The van der Waals surface area contributed by atoms with Gasteiger partial charge in [-0.1, -0.05) is 82.1 Å². The Bertz CT molecular complexity index is 682. The molecule has 0 amide bonds. The monoisotopic (exact) mass is 528 g/mol. The lowest BCUT2D eigenvalue weighted by molar-refractivity contribution is -0.687. The van der Waals surface area contributed by atoms with Crippen molar-refractivity contribution in [2.45, 2.75) is 90.1 Å². The van der Waals surface area contributed by atoms with Crippen LogP contribution in [0.2, 0.25) is 51.4 Å². The number of aromatic nitrogens is 2. The third-order valence-corrected chi connectivity index (χ3v) is 8.74. The second-order valence-corrected chi connectivity index (χ2v) is 21.8. The van der Waals surface area contributed by atoms with Gasteiger partial charge in [-0.2, -0.15) is 0 Å². The fraction of sp³-hybridized carbons (Fsp3) is 0.609. The van der Waals surface area contributed by atoms with Crippen LogP contribution in [0.25, 0.3) is 0 Å². The maximum atomic E-state index is 2.47. The summed E-state index contributed by atoms with van der Waals surface area (Å²) in [6.07, 6.45) is 12.0. The Morgan fingerprint density at radius 2 is 1.39 bits per heavy atom. The molecule has 1 aromatic heterocycles. The number of imidazole rings is 1. The third-order valence-electron chi connectivity index (χ3n) is 5.14. The van der Waals surface area contributed by atoms with Gasteiger partial charge >= 0.3 is 0 Å². The van der Waals surface area contributed by atoms with Gasteiger partial charge in [0.15, 0.2) is 0 Å². The standard InChI is InChI=1S/C23H41N2Si2.HI/c1-26(2,3)18-9-7-8-15-24-16-17-25(21-24)20-23-12-10-22(11-13-23)14-19-27(4,5)6;/h10-13,16-17,21H,7-9,14-15,18-20H2,1-6H3;1H/q+1;/p-1. The average molecular weight is 529 g/mol. The molecule has 0 saturated carbocycles. The van der Waals surface area contributed by atoms with E-state index in [1.165, 1.54) is 48.9 Å². The van der Waals surface area contributed by atoms with E-state index in [0.717, 1.165) is 13.1 Å². The summed E-state index contributed by atoms with van der Waals surface area (Å²) in [5.74, 6) is 0. The van der Waals surface area contributed by atoms with E-state index in [1.54, 1.807) is 0 Å². The molecule has 2 aromatic rings. The molecular weight excluding hydrogens is 487 g/mol. The lowest BCUT2D eigenvalue weighted by Crippen LogP contribution is -3.00. The van der Waals surface area contributed by atoms with Crippen molar-refractivity contribution in [3.63, 3.8) is 0 Å². The minimum atomic E-state index is -0.943. The van der Waals surface area contributed by atoms with Crippen LogP contribution in [0.1, 0.15) is 30.4 Å². The molecule has 158 valence electrons. The number of hydrogen-bond acceptors (Lipinski definition) is 0. The summed E-state index contributed by atoms with van der Waals surface area (Å²) in [5.41, 5.74) is 2.88. The van der Waals surface area contributed by atoms with Crippen molar-refractivity contribution in [1.82, 2.24) is 4.57 Å². The zero-order chi connectivity index (χ0) is 19.9. The molecule has 1 aromatic carbocycles. The largest absolute Gasteiger partial charge is 1.00 e. The molecule has 0 atom stereocenters. The van der Waals surface area contributed by atoms with Crippen LogP contribution >= 0.6 is 0 Å². The first kappa shape index (κ1) is 25.6. The van der Waals surface area contributed by atoms with Gasteiger partial charge in [0.05, 0.1) is 6.54 Å². The van der Waals surface area contributed by atoms with E-state index >= 15 is 0 Å². The summed E-state index contributed by atoms with van der Waals surface area (Å²) in [5, 5.41) is 0. The molecule has 2 nitrogen and oxygen atoms in total. The number of nitrogens with zero attached hydrogens (tertiary/aromatic N) is 2. The highest BCUT2D eigenvalue weighted by atomic mass is 127. The zero-order valence-corrected chi connectivity index (χ0v) is 23.1. The summed E-state index contributed by atoms with van der Waals surface area (Å²) in [7, 11) is -1.80. The van der Waals surface area contributed by atoms with Crippen molar-refractivity contribution >= 4 is 16.1 Å². The maximum Gasteiger partial charge on any atom is 0.244 e. The normalized spacial score (nSPS) is 12.1. The molecule has 0 spiro atoms. The quantitative estimate of drug-likeness (QED) is 0.183. The SMILES string of the molecule is C[Si](C)(C)CCCCCn1cc[n+](Cc2ccc(CC[Si](C)(C)C)cc2)c1.[I-]. The molecule has 0 N–H and O–H groups in total. The van der Waals surface area contributed by atoms with Gasteiger partial charge in [0.25, 0.3) is 0 Å². The number of rotatable bonds is 11. The van der Waals surface area contributed by atoms with Crippen LogP contribution < -0.4 is 28.5 Å². The van der Waals surface area contributed by atoms with Crippen molar-refractivity contribution in [1.29, 1.82) is 0 Å². The fourth-order valence-corrected chi connectivity index (χ4v) is 5.68. The van der Waals surface area contributed by atoms with Gasteiger partial charge in [-0.15, -0.1) is 0 Å². The van der Waals surface area contributed by atoms with Crippen LogP contribution in [0, 0.1) is 0 Å². The van der Waals surface area contributed by atoms with E-state index in [2.05, 4.69) is 91.4 Å². The van der Waals surface area contributed by atoms with Crippen LogP contribution in [0.15, 0.2) is 43.0 Å². The van der Waals surface area contributed by atoms with Crippen molar-refractivity contribution in [2.75, 3.05) is 0 Å². The maximum absolute atomic E-state index is 2.47. The molecule has 28 heavy (non-hydrogen) atoms. The number of benzene rings is 1. The molecule has 0 aliphatic carbocycles. The molecule has 0 radical (unpaired) electrons. The lowest BCUT2D eigenvalue weighted by Gasteiger charge is -2.15. The molecule has 0 unspecified atom stereocenters.